The van der Waals surface area contributed by atoms with Gasteiger partial charge in [0.05, 0.1) is 10.9 Å². The molecule has 0 unspecified atom stereocenters. The Morgan fingerprint density at radius 2 is 1.86 bits per heavy atom. The minimum Gasteiger partial charge on any atom is -0.355 e. The van der Waals surface area contributed by atoms with Crippen LogP contribution in [0.1, 0.15) is 72.4 Å². The molecule has 0 saturated carbocycles. The first-order valence-corrected chi connectivity index (χ1v) is 10.8. The van der Waals surface area contributed by atoms with Gasteiger partial charge in [0.25, 0.3) is 5.56 Å². The molecule has 1 atom stereocenters. The van der Waals surface area contributed by atoms with Gasteiger partial charge in [-0.25, -0.2) is 0 Å². The number of nitrogens with one attached hydrogen (secondary N) is 1. The quantitative estimate of drug-likeness (QED) is 0.485. The van der Waals surface area contributed by atoms with E-state index in [9.17, 15) is 14.4 Å². The fourth-order valence-electron chi connectivity index (χ4n) is 3.15. The molecular weight excluding hydrogens is 410 g/mol. The van der Waals surface area contributed by atoms with Crippen LogP contribution in [0.25, 0.3) is 4.96 Å². The Morgan fingerprint density at radius 1 is 1.21 bits per heavy atom. The van der Waals surface area contributed by atoms with E-state index in [4.69, 9.17) is 0 Å². The number of hydrogen-bond donors (Lipinski definition) is 1. The van der Waals surface area contributed by atoms with Gasteiger partial charge in [-0.2, -0.15) is 4.52 Å². The number of aryl methyl sites for hydroxylation is 1. The zero-order chi connectivity index (χ0) is 21.7. The number of ketones is 2. The molecular formula is C19H23N5O3S2. The van der Waals surface area contributed by atoms with Gasteiger partial charge in [-0.05, 0) is 33.3 Å². The van der Waals surface area contributed by atoms with Gasteiger partial charge in [-0.1, -0.05) is 43.9 Å². The van der Waals surface area contributed by atoms with Crippen LogP contribution in [-0.4, -0.2) is 41.6 Å². The summed E-state index contributed by atoms with van der Waals surface area (Å²) in [6, 6.07) is 0. The van der Waals surface area contributed by atoms with Crippen LogP contribution in [0.5, 0.6) is 0 Å². The minimum atomic E-state index is -0.460. The Labute approximate surface area is 176 Å². The summed E-state index contributed by atoms with van der Waals surface area (Å²) in [5.74, 6) is -0.203. The molecule has 29 heavy (non-hydrogen) atoms. The maximum atomic E-state index is 12.9. The van der Waals surface area contributed by atoms with E-state index >= 15 is 0 Å². The van der Waals surface area contributed by atoms with E-state index in [0.29, 0.717) is 37.5 Å². The lowest BCUT2D eigenvalue weighted by Gasteiger charge is -2.14. The first kappa shape index (κ1) is 21.4. The van der Waals surface area contributed by atoms with Gasteiger partial charge in [-0.3, -0.25) is 14.4 Å². The number of hydrogen-bond acceptors (Lipinski definition) is 8. The number of aromatic amines is 1. The highest BCUT2D eigenvalue weighted by Crippen LogP contribution is 2.30. The second-order valence-electron chi connectivity index (χ2n) is 7.97. The van der Waals surface area contributed by atoms with Crippen molar-refractivity contribution in [2.24, 2.45) is 0 Å². The molecule has 3 rings (SSSR count). The average Bonchev–Trinajstić information content (AvgIpc) is 3.13. The van der Waals surface area contributed by atoms with Crippen LogP contribution in [0.2, 0.25) is 0 Å². The number of thioether (sulfide) groups is 1. The summed E-state index contributed by atoms with van der Waals surface area (Å²) < 4.78 is 1.80. The third-order valence-corrected chi connectivity index (χ3v) is 6.65. The lowest BCUT2D eigenvalue weighted by Crippen LogP contribution is -2.30. The second-order valence-corrected chi connectivity index (χ2v) is 10.5. The van der Waals surface area contributed by atoms with Crippen molar-refractivity contribution in [2.45, 2.75) is 63.5 Å². The summed E-state index contributed by atoms with van der Waals surface area (Å²) in [4.78, 5) is 40.9. The minimum absolute atomic E-state index is 0.0746. The highest BCUT2D eigenvalue weighted by Gasteiger charge is 2.27. The molecule has 0 fully saturated rings. The molecule has 0 spiro atoms. The Hall–Kier alpha value is -2.33. The lowest BCUT2D eigenvalue weighted by atomic mass is 9.93. The summed E-state index contributed by atoms with van der Waals surface area (Å²) in [5.41, 5.74) is 1.94. The van der Waals surface area contributed by atoms with Crippen molar-refractivity contribution in [3.63, 3.8) is 0 Å². The largest absolute Gasteiger partial charge is 0.355 e. The van der Waals surface area contributed by atoms with Crippen molar-refractivity contribution >= 4 is 39.6 Å². The number of carbonyl (C=O) groups excluding carboxylic acids is 2. The van der Waals surface area contributed by atoms with E-state index < -0.39 is 10.7 Å². The standard InChI is InChI=1S/C19H23N5O3S2/c1-8-12(10(3)25)9(2)20-13(8)14(26)11(4)28-18-23-24-16(27)15(19(5,6)7)21-22-17(24)29-18/h11,20H,1-7H3/t11-/m0/s1. The molecule has 3 aromatic heterocycles. The van der Waals surface area contributed by atoms with Crippen molar-refractivity contribution < 1.29 is 9.59 Å². The van der Waals surface area contributed by atoms with Gasteiger partial charge in [0, 0.05) is 16.7 Å². The van der Waals surface area contributed by atoms with E-state index in [0.717, 1.165) is 0 Å². The summed E-state index contributed by atoms with van der Waals surface area (Å²) in [6.07, 6.45) is 0. The molecule has 1 N–H and O–H groups in total. The van der Waals surface area contributed by atoms with Gasteiger partial charge in [0.1, 0.15) is 5.69 Å². The predicted octanol–water partition coefficient (Wildman–Crippen LogP) is 3.35. The van der Waals surface area contributed by atoms with Crippen LogP contribution < -0.4 is 5.56 Å². The SMILES string of the molecule is CC(=O)c1c(C)[nH]c(C(=O)[C@H](C)Sc2nn3c(=O)c(C(C)(C)C)nnc3s2)c1C. The monoisotopic (exact) mass is 433 g/mol. The van der Waals surface area contributed by atoms with Gasteiger partial charge >= 0.3 is 0 Å². The van der Waals surface area contributed by atoms with Crippen LogP contribution in [0.3, 0.4) is 0 Å². The van der Waals surface area contributed by atoms with Crippen molar-refractivity contribution in [3.05, 3.63) is 38.6 Å². The van der Waals surface area contributed by atoms with Crippen LogP contribution in [0.4, 0.5) is 0 Å². The van der Waals surface area contributed by atoms with Crippen LogP contribution in [-0.2, 0) is 5.41 Å². The molecule has 0 bridgehead atoms. The number of nitrogens with zero attached hydrogens (tertiary/aromatic N) is 4. The van der Waals surface area contributed by atoms with E-state index in [1.54, 1.807) is 20.8 Å². The summed E-state index contributed by atoms with van der Waals surface area (Å²) in [7, 11) is 0. The Morgan fingerprint density at radius 3 is 2.41 bits per heavy atom. The summed E-state index contributed by atoms with van der Waals surface area (Å²) in [5, 5.41) is 12.1. The summed E-state index contributed by atoms with van der Waals surface area (Å²) >= 11 is 2.47. The molecule has 8 nitrogen and oxygen atoms in total. The first-order valence-electron chi connectivity index (χ1n) is 9.09. The van der Waals surface area contributed by atoms with Crippen molar-refractivity contribution in [3.8, 4) is 0 Å². The first-order chi connectivity index (χ1) is 13.4. The Bertz CT molecular complexity index is 1180. The van der Waals surface area contributed by atoms with Gasteiger partial charge in [0.2, 0.25) is 4.96 Å². The third kappa shape index (κ3) is 3.91. The zero-order valence-electron chi connectivity index (χ0n) is 17.4. The highest BCUT2D eigenvalue weighted by atomic mass is 32.2. The van der Waals surface area contributed by atoms with Crippen molar-refractivity contribution in [1.29, 1.82) is 0 Å². The zero-order valence-corrected chi connectivity index (χ0v) is 19.0. The number of H-pyrrole nitrogens is 1. The van der Waals surface area contributed by atoms with Crippen molar-refractivity contribution in [1.82, 2.24) is 24.8 Å². The van der Waals surface area contributed by atoms with E-state index in [1.807, 2.05) is 20.8 Å². The molecule has 3 aromatic rings. The Balaban J connectivity index is 1.90. The molecule has 0 aliphatic rings. The van der Waals surface area contributed by atoms with Gasteiger partial charge in [-0.15, -0.1) is 15.3 Å². The van der Waals surface area contributed by atoms with Crippen LogP contribution in [0, 0.1) is 13.8 Å². The fourth-order valence-corrected chi connectivity index (χ4v) is 5.22. The number of aromatic nitrogens is 5. The topological polar surface area (TPSA) is 110 Å². The molecule has 10 heteroatoms. The van der Waals surface area contributed by atoms with Gasteiger partial charge < -0.3 is 4.98 Å². The molecule has 154 valence electrons. The summed E-state index contributed by atoms with van der Waals surface area (Å²) in [6.45, 7) is 12.5. The second kappa shape index (κ2) is 7.49. The predicted molar refractivity (Wildman–Crippen MR) is 114 cm³/mol. The highest BCUT2D eigenvalue weighted by molar-refractivity contribution is 8.02. The van der Waals surface area contributed by atoms with Crippen LogP contribution in [0.15, 0.2) is 9.13 Å². The molecule has 0 aliphatic heterocycles. The molecule has 0 radical (unpaired) electrons. The smallest absolute Gasteiger partial charge is 0.297 e. The normalized spacial score (nSPS) is 13.1. The van der Waals surface area contributed by atoms with E-state index in [2.05, 4.69) is 20.3 Å². The lowest BCUT2D eigenvalue weighted by molar-refractivity contribution is 0.0988. The number of Topliss-reactive ketones (excluding diaryl/α,β-unsaturated/α-hetero) is 2. The maximum absolute atomic E-state index is 12.9. The van der Waals surface area contributed by atoms with Crippen LogP contribution >= 0.6 is 23.1 Å². The molecule has 0 saturated heterocycles. The van der Waals surface area contributed by atoms with Gasteiger partial charge in [0.15, 0.2) is 15.9 Å². The number of fused-ring (bicyclic) bond motifs is 1. The molecule has 0 amide bonds. The third-order valence-electron chi connectivity index (χ3n) is 4.57. The number of rotatable bonds is 5. The average molecular weight is 434 g/mol. The number of carbonyl (C=O) groups is 2. The fraction of sp³-hybridized carbons (Fsp3) is 0.474. The van der Waals surface area contributed by atoms with Crippen molar-refractivity contribution in [2.75, 3.05) is 0 Å². The molecule has 0 aliphatic carbocycles. The molecule has 3 heterocycles. The Kier molecular flexibility index (Phi) is 5.52. The van der Waals surface area contributed by atoms with E-state index in [-0.39, 0.29) is 17.1 Å². The van der Waals surface area contributed by atoms with E-state index in [1.165, 1.54) is 34.5 Å². The molecule has 0 aromatic carbocycles. The maximum Gasteiger partial charge on any atom is 0.297 e.